The SMILES string of the molecule is CN1c2c(cc(Nc3ccc(Cl)nc3)cc2C(F)(F)F)[C@@H]2CNCC[C@@H]21. The minimum atomic E-state index is -4.42. The molecule has 0 amide bonds. The Hall–Kier alpha value is -1.99. The molecule has 4 nitrogen and oxygen atoms in total. The number of pyridine rings is 1. The lowest BCUT2D eigenvalue weighted by atomic mass is 9.89. The Bertz CT molecular complexity index is 822. The third-order valence-corrected chi connectivity index (χ3v) is 5.38. The van der Waals surface area contributed by atoms with Gasteiger partial charge in [-0.2, -0.15) is 13.2 Å². The van der Waals surface area contributed by atoms with Crippen molar-refractivity contribution in [3.05, 3.63) is 46.7 Å². The summed E-state index contributed by atoms with van der Waals surface area (Å²) < 4.78 is 41.3. The number of likely N-dealkylation sites (N-methyl/N-ethyl adjacent to an activating group) is 1. The summed E-state index contributed by atoms with van der Waals surface area (Å²) in [5, 5.41) is 6.65. The van der Waals surface area contributed by atoms with Gasteiger partial charge in [-0.15, -0.1) is 0 Å². The topological polar surface area (TPSA) is 40.2 Å². The number of nitrogens with zero attached hydrogens (tertiary/aromatic N) is 2. The van der Waals surface area contributed by atoms with E-state index in [1.54, 1.807) is 24.1 Å². The number of aromatic nitrogens is 1. The van der Waals surface area contributed by atoms with Gasteiger partial charge >= 0.3 is 6.18 Å². The van der Waals surface area contributed by atoms with Crippen molar-refractivity contribution in [2.24, 2.45) is 0 Å². The van der Waals surface area contributed by atoms with E-state index in [-0.39, 0.29) is 12.0 Å². The maximum Gasteiger partial charge on any atom is 0.418 e. The highest BCUT2D eigenvalue weighted by Gasteiger charge is 2.45. The molecule has 26 heavy (non-hydrogen) atoms. The number of benzene rings is 1. The van der Waals surface area contributed by atoms with E-state index in [1.165, 1.54) is 12.3 Å². The Morgan fingerprint density at radius 1 is 1.27 bits per heavy atom. The Labute approximate surface area is 154 Å². The van der Waals surface area contributed by atoms with E-state index >= 15 is 0 Å². The van der Waals surface area contributed by atoms with Gasteiger partial charge in [-0.1, -0.05) is 11.6 Å². The van der Waals surface area contributed by atoms with Crippen molar-refractivity contribution < 1.29 is 13.2 Å². The summed E-state index contributed by atoms with van der Waals surface area (Å²) in [4.78, 5) is 5.76. The zero-order valence-electron chi connectivity index (χ0n) is 14.1. The summed E-state index contributed by atoms with van der Waals surface area (Å²) in [6.07, 6.45) is -2.09. The highest BCUT2D eigenvalue weighted by molar-refractivity contribution is 6.29. The molecule has 4 rings (SSSR count). The predicted molar refractivity (Wildman–Crippen MR) is 96.4 cm³/mol. The first-order chi connectivity index (χ1) is 12.3. The fourth-order valence-electron chi connectivity index (χ4n) is 4.03. The van der Waals surface area contributed by atoms with Crippen molar-refractivity contribution in [2.45, 2.75) is 24.6 Å². The molecule has 2 aliphatic rings. The molecule has 2 N–H and O–H groups in total. The van der Waals surface area contributed by atoms with Crippen molar-refractivity contribution in [1.29, 1.82) is 0 Å². The normalized spacial score (nSPS) is 22.1. The first-order valence-corrected chi connectivity index (χ1v) is 8.79. The smallest absolute Gasteiger partial charge is 0.370 e. The highest BCUT2D eigenvalue weighted by atomic mass is 35.5. The van der Waals surface area contributed by atoms with Crippen LogP contribution in [0.1, 0.15) is 23.5 Å². The van der Waals surface area contributed by atoms with Gasteiger partial charge in [0.1, 0.15) is 5.15 Å². The van der Waals surface area contributed by atoms with E-state index in [2.05, 4.69) is 15.6 Å². The summed E-state index contributed by atoms with van der Waals surface area (Å²) in [6.45, 7) is 1.51. The van der Waals surface area contributed by atoms with Crippen LogP contribution in [-0.2, 0) is 6.18 Å². The van der Waals surface area contributed by atoms with Crippen LogP contribution in [-0.4, -0.2) is 31.2 Å². The number of rotatable bonds is 2. The molecule has 0 bridgehead atoms. The van der Waals surface area contributed by atoms with Crippen LogP contribution >= 0.6 is 11.6 Å². The van der Waals surface area contributed by atoms with E-state index in [4.69, 9.17) is 11.6 Å². The van der Waals surface area contributed by atoms with Crippen LogP contribution in [0.25, 0.3) is 0 Å². The van der Waals surface area contributed by atoms with Crippen molar-refractivity contribution in [1.82, 2.24) is 10.3 Å². The number of halogens is 4. The predicted octanol–water partition coefficient (Wildman–Crippen LogP) is 4.39. The molecule has 2 aromatic rings. The minimum Gasteiger partial charge on any atom is -0.370 e. The second-order valence-electron chi connectivity index (χ2n) is 6.73. The number of alkyl halides is 3. The molecule has 0 spiro atoms. The number of fused-ring (bicyclic) bond motifs is 3. The van der Waals surface area contributed by atoms with Crippen LogP contribution < -0.4 is 15.5 Å². The summed E-state index contributed by atoms with van der Waals surface area (Å²) in [6, 6.07) is 6.38. The van der Waals surface area contributed by atoms with Gasteiger partial charge in [0, 0.05) is 31.2 Å². The number of anilines is 3. The zero-order chi connectivity index (χ0) is 18.5. The molecule has 1 fully saturated rings. The lowest BCUT2D eigenvalue weighted by molar-refractivity contribution is -0.137. The number of hydrogen-bond acceptors (Lipinski definition) is 4. The molecule has 1 aromatic carbocycles. The molecule has 8 heteroatoms. The molecule has 0 aliphatic carbocycles. The van der Waals surface area contributed by atoms with Crippen LogP contribution in [0.2, 0.25) is 5.15 Å². The summed E-state index contributed by atoms with van der Waals surface area (Å²) >= 11 is 5.77. The third kappa shape index (κ3) is 2.99. The third-order valence-electron chi connectivity index (χ3n) is 5.16. The average molecular weight is 383 g/mol. The van der Waals surface area contributed by atoms with E-state index in [0.717, 1.165) is 18.5 Å². The number of hydrogen-bond donors (Lipinski definition) is 2. The number of nitrogens with one attached hydrogen (secondary N) is 2. The Kier molecular flexibility index (Phi) is 4.23. The fraction of sp³-hybridized carbons (Fsp3) is 0.389. The highest BCUT2D eigenvalue weighted by Crippen LogP contribution is 2.50. The largest absolute Gasteiger partial charge is 0.418 e. The molecule has 138 valence electrons. The Balaban J connectivity index is 1.79. The van der Waals surface area contributed by atoms with E-state index in [0.29, 0.717) is 28.8 Å². The zero-order valence-corrected chi connectivity index (χ0v) is 14.8. The first kappa shape index (κ1) is 17.4. The molecule has 1 saturated heterocycles. The van der Waals surface area contributed by atoms with Gasteiger partial charge in [0.05, 0.1) is 23.1 Å². The van der Waals surface area contributed by atoms with Gasteiger partial charge in [-0.25, -0.2) is 4.98 Å². The molecular formula is C18H18ClF3N4. The van der Waals surface area contributed by atoms with Crippen LogP contribution in [0, 0.1) is 0 Å². The Morgan fingerprint density at radius 2 is 2.08 bits per heavy atom. The maximum atomic E-state index is 13.8. The number of piperidine rings is 1. The molecule has 0 unspecified atom stereocenters. The molecule has 2 atom stereocenters. The second-order valence-corrected chi connectivity index (χ2v) is 7.12. The summed E-state index contributed by atoms with van der Waals surface area (Å²) in [7, 11) is 1.76. The minimum absolute atomic E-state index is 0.0509. The summed E-state index contributed by atoms with van der Waals surface area (Å²) in [5.74, 6) is 0.0509. The second kappa shape index (κ2) is 6.32. The van der Waals surface area contributed by atoms with E-state index in [9.17, 15) is 13.2 Å². The fourth-order valence-corrected chi connectivity index (χ4v) is 4.14. The standard InChI is InChI=1S/C18H18ClF3N4/c1-26-15-4-5-23-9-13(15)12-6-11(7-14(17(12)26)18(20,21)22)25-10-2-3-16(19)24-8-10/h2-3,6-8,13,15,23,25H,4-5,9H2,1H3/t13-,15-/m0/s1. The molecular weight excluding hydrogens is 365 g/mol. The lowest BCUT2D eigenvalue weighted by Crippen LogP contribution is -2.42. The lowest BCUT2D eigenvalue weighted by Gasteiger charge is -2.31. The van der Waals surface area contributed by atoms with Gasteiger partial charge in [0.25, 0.3) is 0 Å². The first-order valence-electron chi connectivity index (χ1n) is 8.42. The van der Waals surface area contributed by atoms with Gasteiger partial charge in [-0.05, 0) is 42.8 Å². The van der Waals surface area contributed by atoms with E-state index in [1.807, 2.05) is 6.07 Å². The maximum absolute atomic E-state index is 13.8. The van der Waals surface area contributed by atoms with Gasteiger partial charge in [0.15, 0.2) is 0 Å². The van der Waals surface area contributed by atoms with Crippen LogP contribution in [0.3, 0.4) is 0 Å². The molecule has 0 saturated carbocycles. The average Bonchev–Trinajstić information content (AvgIpc) is 2.89. The van der Waals surface area contributed by atoms with Crippen LogP contribution in [0.15, 0.2) is 30.5 Å². The molecule has 0 radical (unpaired) electrons. The monoisotopic (exact) mass is 382 g/mol. The molecule has 3 heterocycles. The van der Waals surface area contributed by atoms with Crippen molar-refractivity contribution >= 4 is 28.7 Å². The summed E-state index contributed by atoms with van der Waals surface area (Å²) in [5.41, 5.74) is 1.43. The van der Waals surface area contributed by atoms with Gasteiger partial charge in [-0.3, -0.25) is 0 Å². The van der Waals surface area contributed by atoms with Crippen LogP contribution in [0.4, 0.5) is 30.2 Å². The van der Waals surface area contributed by atoms with Crippen molar-refractivity contribution in [2.75, 3.05) is 30.4 Å². The molecule has 2 aliphatic heterocycles. The van der Waals surface area contributed by atoms with Gasteiger partial charge < -0.3 is 15.5 Å². The van der Waals surface area contributed by atoms with E-state index < -0.39 is 11.7 Å². The van der Waals surface area contributed by atoms with Crippen molar-refractivity contribution in [3.63, 3.8) is 0 Å². The molecule has 1 aromatic heterocycles. The van der Waals surface area contributed by atoms with Crippen LogP contribution in [0.5, 0.6) is 0 Å². The quantitative estimate of drug-likeness (QED) is 0.756. The van der Waals surface area contributed by atoms with Crippen molar-refractivity contribution in [3.8, 4) is 0 Å². The van der Waals surface area contributed by atoms with Gasteiger partial charge in [0.2, 0.25) is 0 Å². The Morgan fingerprint density at radius 3 is 2.77 bits per heavy atom.